The number of hydrogen-bond acceptors (Lipinski definition) is 3. The molecule has 3 nitrogen and oxygen atoms in total. The first-order chi connectivity index (χ1) is 13.5. The Morgan fingerprint density at radius 2 is 1.75 bits per heavy atom. The van der Waals surface area contributed by atoms with E-state index in [-0.39, 0.29) is 12.4 Å². The minimum atomic E-state index is -0.274. The summed E-state index contributed by atoms with van der Waals surface area (Å²) in [6.07, 6.45) is 1.81. The molecule has 0 saturated carbocycles. The molecule has 28 heavy (non-hydrogen) atoms. The third kappa shape index (κ3) is 5.19. The van der Waals surface area contributed by atoms with Gasteiger partial charge in [0.05, 0.1) is 12.3 Å². The molecule has 4 heteroatoms. The molecular weight excluding hydrogens is 353 g/mol. The molecule has 0 radical (unpaired) electrons. The Balaban J connectivity index is 1.76. The maximum atomic E-state index is 13.3. The minimum Gasteiger partial charge on any atom is -0.490 e. The van der Waals surface area contributed by atoms with Crippen LogP contribution in [0.15, 0.2) is 65.7 Å². The van der Waals surface area contributed by atoms with Crippen LogP contribution in [0.1, 0.15) is 29.2 Å². The highest BCUT2D eigenvalue weighted by molar-refractivity contribution is 5.83. The maximum Gasteiger partial charge on any atom is 0.161 e. The molecule has 3 rings (SSSR count). The number of halogens is 1. The van der Waals surface area contributed by atoms with E-state index >= 15 is 0 Å². The lowest BCUT2D eigenvalue weighted by Crippen LogP contribution is -2.00. The van der Waals surface area contributed by atoms with Gasteiger partial charge in [0, 0.05) is 6.21 Å². The number of hydrogen-bond donors (Lipinski definition) is 0. The summed E-state index contributed by atoms with van der Waals surface area (Å²) >= 11 is 0. The molecule has 0 unspecified atom stereocenters. The zero-order chi connectivity index (χ0) is 19.9. The van der Waals surface area contributed by atoms with E-state index in [2.05, 4.69) is 31.0 Å². The number of benzene rings is 3. The summed E-state index contributed by atoms with van der Waals surface area (Å²) in [5, 5.41) is 0. The average molecular weight is 377 g/mol. The van der Waals surface area contributed by atoms with Crippen LogP contribution in [0.4, 0.5) is 10.1 Å². The van der Waals surface area contributed by atoms with Crippen molar-refractivity contribution in [3.05, 3.63) is 88.7 Å². The van der Waals surface area contributed by atoms with Gasteiger partial charge in [0.25, 0.3) is 0 Å². The van der Waals surface area contributed by atoms with Crippen molar-refractivity contribution in [1.29, 1.82) is 0 Å². The van der Waals surface area contributed by atoms with Gasteiger partial charge in [-0.25, -0.2) is 4.39 Å². The molecule has 0 aromatic heterocycles. The van der Waals surface area contributed by atoms with Gasteiger partial charge in [-0.15, -0.1) is 0 Å². The fourth-order valence-corrected chi connectivity index (χ4v) is 2.74. The number of rotatable bonds is 7. The molecule has 0 amide bonds. The molecule has 144 valence electrons. The molecule has 0 atom stereocenters. The molecular formula is C24H24FNO2. The van der Waals surface area contributed by atoms with E-state index in [9.17, 15) is 4.39 Å². The van der Waals surface area contributed by atoms with E-state index in [4.69, 9.17) is 9.47 Å². The largest absolute Gasteiger partial charge is 0.490 e. The predicted octanol–water partition coefficient (Wildman–Crippen LogP) is 6.17. The van der Waals surface area contributed by atoms with Crippen LogP contribution in [0.2, 0.25) is 0 Å². The summed E-state index contributed by atoms with van der Waals surface area (Å²) in [5.41, 5.74) is 5.05. The Labute approximate surface area is 165 Å². The zero-order valence-electron chi connectivity index (χ0n) is 16.4. The summed E-state index contributed by atoms with van der Waals surface area (Å²) in [4.78, 5) is 4.55. The number of aliphatic imine (C=N–C) groups is 1. The van der Waals surface area contributed by atoms with Crippen molar-refractivity contribution < 1.29 is 13.9 Å². The van der Waals surface area contributed by atoms with Crippen LogP contribution >= 0.6 is 0 Å². The van der Waals surface area contributed by atoms with E-state index in [1.165, 1.54) is 23.3 Å². The molecule has 3 aromatic rings. The van der Waals surface area contributed by atoms with E-state index in [1.807, 2.05) is 43.5 Å². The van der Waals surface area contributed by atoms with Gasteiger partial charge in [-0.05, 0) is 85.5 Å². The van der Waals surface area contributed by atoms with Crippen LogP contribution in [-0.4, -0.2) is 12.8 Å². The van der Waals surface area contributed by atoms with Crippen molar-refractivity contribution in [3.63, 3.8) is 0 Å². The Morgan fingerprint density at radius 1 is 0.893 bits per heavy atom. The Morgan fingerprint density at radius 3 is 2.50 bits per heavy atom. The minimum absolute atomic E-state index is 0.272. The molecule has 3 aromatic carbocycles. The second-order valence-electron chi connectivity index (χ2n) is 6.58. The smallest absolute Gasteiger partial charge is 0.161 e. The number of aryl methyl sites for hydroxylation is 2. The van der Waals surface area contributed by atoms with Crippen LogP contribution in [0, 0.1) is 19.7 Å². The second-order valence-corrected chi connectivity index (χ2v) is 6.58. The lowest BCUT2D eigenvalue weighted by Gasteiger charge is -2.12. The van der Waals surface area contributed by atoms with Gasteiger partial charge < -0.3 is 9.47 Å². The summed E-state index contributed by atoms with van der Waals surface area (Å²) in [7, 11) is 0. The zero-order valence-corrected chi connectivity index (χ0v) is 16.4. The standard InChI is InChI=1S/C24H24FNO2/c1-4-27-24-14-19(15-26-22-10-8-17(2)18(3)12-22)9-11-23(24)28-16-20-6-5-7-21(25)13-20/h5-15H,4,16H2,1-3H3. The Hall–Kier alpha value is -3.14. The van der Waals surface area contributed by atoms with Gasteiger partial charge >= 0.3 is 0 Å². The van der Waals surface area contributed by atoms with Crippen LogP contribution in [0.3, 0.4) is 0 Å². The van der Waals surface area contributed by atoms with Gasteiger partial charge in [0.15, 0.2) is 11.5 Å². The molecule has 0 N–H and O–H groups in total. The highest BCUT2D eigenvalue weighted by Gasteiger charge is 2.07. The van der Waals surface area contributed by atoms with Crippen molar-refractivity contribution >= 4 is 11.9 Å². The summed E-state index contributed by atoms with van der Waals surface area (Å²) in [6.45, 7) is 6.88. The highest BCUT2D eigenvalue weighted by atomic mass is 19.1. The Kier molecular flexibility index (Phi) is 6.43. The van der Waals surface area contributed by atoms with Crippen LogP contribution in [-0.2, 0) is 6.61 Å². The maximum absolute atomic E-state index is 13.3. The van der Waals surface area contributed by atoms with Gasteiger partial charge in [-0.3, -0.25) is 4.99 Å². The predicted molar refractivity (Wildman–Crippen MR) is 112 cm³/mol. The average Bonchev–Trinajstić information content (AvgIpc) is 2.68. The lowest BCUT2D eigenvalue weighted by atomic mass is 10.1. The number of ether oxygens (including phenoxy) is 2. The molecule has 0 aliphatic rings. The van der Waals surface area contributed by atoms with Gasteiger partial charge in [0.1, 0.15) is 12.4 Å². The fourth-order valence-electron chi connectivity index (χ4n) is 2.74. The van der Waals surface area contributed by atoms with E-state index in [0.29, 0.717) is 18.1 Å². The van der Waals surface area contributed by atoms with E-state index in [1.54, 1.807) is 6.07 Å². The third-order valence-corrected chi connectivity index (χ3v) is 4.40. The first-order valence-electron chi connectivity index (χ1n) is 9.30. The lowest BCUT2D eigenvalue weighted by molar-refractivity contribution is 0.269. The van der Waals surface area contributed by atoms with Crippen molar-refractivity contribution in [2.75, 3.05) is 6.61 Å². The SMILES string of the molecule is CCOc1cc(C=Nc2ccc(C)c(C)c2)ccc1OCc1cccc(F)c1. The van der Waals surface area contributed by atoms with E-state index in [0.717, 1.165) is 16.8 Å². The van der Waals surface area contributed by atoms with Crippen molar-refractivity contribution in [2.45, 2.75) is 27.4 Å². The quantitative estimate of drug-likeness (QED) is 0.461. The van der Waals surface area contributed by atoms with Crippen LogP contribution < -0.4 is 9.47 Å². The van der Waals surface area contributed by atoms with Crippen molar-refractivity contribution in [2.24, 2.45) is 4.99 Å². The number of nitrogens with zero attached hydrogens (tertiary/aromatic N) is 1. The van der Waals surface area contributed by atoms with E-state index < -0.39 is 0 Å². The molecule has 0 fully saturated rings. The Bertz CT molecular complexity index is 982. The normalized spacial score (nSPS) is 11.0. The summed E-state index contributed by atoms with van der Waals surface area (Å²) in [6, 6.07) is 18.2. The topological polar surface area (TPSA) is 30.8 Å². The summed E-state index contributed by atoms with van der Waals surface area (Å²) < 4.78 is 24.9. The molecule has 0 spiro atoms. The van der Waals surface area contributed by atoms with Gasteiger partial charge in [-0.2, -0.15) is 0 Å². The molecule has 0 bridgehead atoms. The van der Waals surface area contributed by atoms with Gasteiger partial charge in [0.2, 0.25) is 0 Å². The van der Waals surface area contributed by atoms with Crippen molar-refractivity contribution in [1.82, 2.24) is 0 Å². The first kappa shape index (κ1) is 19.6. The summed E-state index contributed by atoms with van der Waals surface area (Å²) in [5.74, 6) is 0.987. The van der Waals surface area contributed by atoms with Crippen molar-refractivity contribution in [3.8, 4) is 11.5 Å². The third-order valence-electron chi connectivity index (χ3n) is 4.40. The monoisotopic (exact) mass is 377 g/mol. The molecule has 0 heterocycles. The molecule has 0 aliphatic carbocycles. The van der Waals surface area contributed by atoms with Crippen LogP contribution in [0.25, 0.3) is 0 Å². The molecule has 0 saturated heterocycles. The second kappa shape index (κ2) is 9.18. The molecule has 0 aliphatic heterocycles. The fraction of sp³-hybridized carbons (Fsp3) is 0.208. The first-order valence-corrected chi connectivity index (χ1v) is 9.30. The highest BCUT2D eigenvalue weighted by Crippen LogP contribution is 2.29. The van der Waals surface area contributed by atoms with Gasteiger partial charge in [-0.1, -0.05) is 18.2 Å². The van der Waals surface area contributed by atoms with Crippen LogP contribution in [0.5, 0.6) is 11.5 Å².